The fourth-order valence-electron chi connectivity index (χ4n) is 7.05. The van der Waals surface area contributed by atoms with E-state index in [4.69, 9.17) is 37.6 Å². The molecule has 1 aromatic heterocycles. The van der Waals surface area contributed by atoms with E-state index in [-0.39, 0.29) is 34.6 Å². The van der Waals surface area contributed by atoms with Crippen molar-refractivity contribution in [3.8, 4) is 34.3 Å². The van der Waals surface area contributed by atoms with E-state index in [1.54, 1.807) is 32.1 Å². The van der Waals surface area contributed by atoms with Crippen molar-refractivity contribution in [3.05, 3.63) is 57.8 Å². The molecular formula is C39H50O20. The monoisotopic (exact) mass is 838 g/mol. The van der Waals surface area contributed by atoms with Crippen LogP contribution in [0.3, 0.4) is 0 Å². The Hall–Kier alpha value is -3.97. The van der Waals surface area contributed by atoms with Crippen molar-refractivity contribution in [1.82, 2.24) is 0 Å². The zero-order valence-electron chi connectivity index (χ0n) is 32.3. The Morgan fingerprint density at radius 2 is 1.36 bits per heavy atom. The second kappa shape index (κ2) is 18.3. The van der Waals surface area contributed by atoms with E-state index in [0.717, 1.165) is 11.6 Å². The van der Waals surface area contributed by atoms with Crippen LogP contribution in [0.5, 0.6) is 23.0 Å². The SMILES string of the molecule is COc1ccc(-c2oc3c(CC=C(C)C)c(OC4OC(CO)C(O)C(O)C4O)cc(O)c3c(=O)c2OC2C(O)C(C)OC(O)C2OC2OC(CO)C(O)C(O)C2O)cc1. The number of hydrogen-bond acceptors (Lipinski definition) is 20. The maximum atomic E-state index is 14.8. The van der Waals surface area contributed by atoms with Crippen LogP contribution in [0, 0.1) is 0 Å². The molecule has 15 unspecified atom stereocenters. The van der Waals surface area contributed by atoms with E-state index < -0.39 is 128 Å². The average molecular weight is 839 g/mol. The molecule has 2 aromatic carbocycles. The van der Waals surface area contributed by atoms with Gasteiger partial charge in [0.1, 0.15) is 83.2 Å². The molecule has 20 nitrogen and oxygen atoms in total. The van der Waals surface area contributed by atoms with Gasteiger partial charge >= 0.3 is 0 Å². The molecule has 326 valence electrons. The van der Waals surface area contributed by atoms with Crippen LogP contribution in [0.2, 0.25) is 0 Å². The number of benzene rings is 2. The van der Waals surface area contributed by atoms with E-state index in [0.29, 0.717) is 5.75 Å². The molecule has 3 aliphatic rings. The highest BCUT2D eigenvalue weighted by Gasteiger charge is 2.52. The number of phenols is 1. The molecule has 0 radical (unpaired) electrons. The van der Waals surface area contributed by atoms with Gasteiger partial charge in [-0.05, 0) is 51.5 Å². The van der Waals surface area contributed by atoms with Gasteiger partial charge in [-0.15, -0.1) is 0 Å². The van der Waals surface area contributed by atoms with E-state index in [9.17, 15) is 61.0 Å². The Balaban J connectivity index is 1.51. The fourth-order valence-corrected chi connectivity index (χ4v) is 7.05. The first-order valence-electron chi connectivity index (χ1n) is 18.8. The third-order valence-electron chi connectivity index (χ3n) is 10.5. The van der Waals surface area contributed by atoms with Crippen molar-refractivity contribution in [2.45, 2.75) is 119 Å². The van der Waals surface area contributed by atoms with Gasteiger partial charge in [-0.2, -0.15) is 0 Å². The number of aliphatic hydroxyl groups is 10. The topological polar surface area (TPSA) is 317 Å². The third-order valence-corrected chi connectivity index (χ3v) is 10.5. The molecule has 20 heteroatoms. The lowest BCUT2D eigenvalue weighted by atomic mass is 9.97. The first-order chi connectivity index (χ1) is 28.0. The van der Waals surface area contributed by atoms with Crippen LogP contribution in [0.15, 0.2) is 51.2 Å². The van der Waals surface area contributed by atoms with Crippen LogP contribution in [0.4, 0.5) is 0 Å². The number of methoxy groups -OCH3 is 1. The Kier molecular flexibility index (Phi) is 13.9. The lowest BCUT2D eigenvalue weighted by molar-refractivity contribution is -0.357. The molecule has 4 heterocycles. The minimum atomic E-state index is -1.94. The van der Waals surface area contributed by atoms with E-state index >= 15 is 0 Å². The number of allylic oxidation sites excluding steroid dienone is 2. The predicted molar refractivity (Wildman–Crippen MR) is 199 cm³/mol. The van der Waals surface area contributed by atoms with Crippen molar-refractivity contribution in [2.24, 2.45) is 0 Å². The van der Waals surface area contributed by atoms with Crippen LogP contribution in [-0.4, -0.2) is 169 Å². The van der Waals surface area contributed by atoms with Gasteiger partial charge in [0.25, 0.3) is 0 Å². The highest BCUT2D eigenvalue weighted by Crippen LogP contribution is 2.42. The van der Waals surface area contributed by atoms with Crippen LogP contribution in [0.25, 0.3) is 22.3 Å². The number of hydrogen-bond donors (Lipinski definition) is 11. The molecule has 15 atom stereocenters. The van der Waals surface area contributed by atoms with E-state index in [1.165, 1.54) is 26.2 Å². The molecular weight excluding hydrogens is 788 g/mol. The van der Waals surface area contributed by atoms with Crippen LogP contribution < -0.4 is 19.6 Å². The number of rotatable bonds is 12. The minimum Gasteiger partial charge on any atom is -0.507 e. The normalized spacial score (nSPS) is 35.0. The van der Waals surface area contributed by atoms with Gasteiger partial charge in [0.2, 0.25) is 17.5 Å². The van der Waals surface area contributed by atoms with Crippen LogP contribution >= 0.6 is 0 Å². The van der Waals surface area contributed by atoms with Crippen LogP contribution in [-0.2, 0) is 25.4 Å². The molecule has 3 aliphatic heterocycles. The van der Waals surface area contributed by atoms with Crippen molar-refractivity contribution >= 4 is 11.0 Å². The largest absolute Gasteiger partial charge is 0.507 e. The first kappa shape index (κ1) is 44.6. The summed E-state index contributed by atoms with van der Waals surface area (Å²) in [6.45, 7) is 3.44. The van der Waals surface area contributed by atoms with Gasteiger partial charge in [-0.25, -0.2) is 0 Å². The number of aliphatic hydroxyl groups excluding tert-OH is 10. The molecule has 3 saturated heterocycles. The van der Waals surface area contributed by atoms with Crippen LogP contribution in [0.1, 0.15) is 26.3 Å². The maximum absolute atomic E-state index is 14.8. The Morgan fingerprint density at radius 3 is 1.93 bits per heavy atom. The molecule has 0 saturated carbocycles. The maximum Gasteiger partial charge on any atom is 0.239 e. The second-order valence-corrected chi connectivity index (χ2v) is 14.8. The second-order valence-electron chi connectivity index (χ2n) is 14.8. The lowest BCUT2D eigenvalue weighted by Gasteiger charge is -2.45. The molecule has 11 N–H and O–H groups in total. The highest BCUT2D eigenvalue weighted by molar-refractivity contribution is 5.91. The number of aromatic hydroxyl groups is 1. The first-order valence-corrected chi connectivity index (χ1v) is 18.8. The third kappa shape index (κ3) is 8.79. The van der Waals surface area contributed by atoms with Crippen molar-refractivity contribution in [2.75, 3.05) is 20.3 Å². The average Bonchev–Trinajstić information content (AvgIpc) is 3.21. The summed E-state index contributed by atoms with van der Waals surface area (Å²) in [5, 5.41) is 116. The quantitative estimate of drug-likeness (QED) is 0.0870. The van der Waals surface area contributed by atoms with Crippen molar-refractivity contribution < 1.29 is 93.7 Å². The number of phenolic OH excluding ortho intramolecular Hbond substituents is 1. The van der Waals surface area contributed by atoms with Crippen molar-refractivity contribution in [1.29, 1.82) is 0 Å². The van der Waals surface area contributed by atoms with E-state index in [1.807, 2.05) is 0 Å². The Morgan fingerprint density at radius 1 is 0.763 bits per heavy atom. The Labute approximate surface area is 336 Å². The molecule has 0 bridgehead atoms. The van der Waals surface area contributed by atoms with Gasteiger partial charge in [0, 0.05) is 17.2 Å². The molecule has 0 spiro atoms. The van der Waals surface area contributed by atoms with Gasteiger partial charge in [-0.3, -0.25) is 4.79 Å². The number of fused-ring (bicyclic) bond motifs is 1. The van der Waals surface area contributed by atoms with Gasteiger partial charge < -0.3 is 93.7 Å². The summed E-state index contributed by atoms with van der Waals surface area (Å²) in [5.74, 6) is -1.38. The molecule has 0 aliphatic carbocycles. The smallest absolute Gasteiger partial charge is 0.239 e. The highest BCUT2D eigenvalue weighted by atomic mass is 16.7. The molecule has 6 rings (SSSR count). The summed E-state index contributed by atoms with van der Waals surface area (Å²) in [4.78, 5) is 14.8. The zero-order valence-corrected chi connectivity index (χ0v) is 32.3. The summed E-state index contributed by atoms with van der Waals surface area (Å²) in [7, 11) is 1.43. The fraction of sp³-hybridized carbons (Fsp3) is 0.564. The standard InChI is InChI=1S/C39H50O20/c1-14(2)5-10-18-20(54-38-30(49)28(47)25(44)21(12-40)55-38)11-19(42)23-27(46)35(32(57-33(18)23)16-6-8-17(52-4)9-7-16)58-34-24(43)15(3)53-37(51)36(34)59-39-31(50)29(48)26(45)22(13-41)56-39/h5-9,11,15,21-22,24-26,28-31,34,36-45,47-51H,10,12-13H2,1-4H3. The van der Waals surface area contributed by atoms with Gasteiger partial charge in [0.05, 0.1) is 26.4 Å². The van der Waals surface area contributed by atoms with Crippen molar-refractivity contribution in [3.63, 3.8) is 0 Å². The summed E-state index contributed by atoms with van der Waals surface area (Å²) < 4.78 is 46.3. The predicted octanol–water partition coefficient (Wildman–Crippen LogP) is -2.11. The number of ether oxygens (including phenoxy) is 7. The summed E-state index contributed by atoms with van der Waals surface area (Å²) in [5.41, 5.74) is -0.0861. The molecule has 59 heavy (non-hydrogen) atoms. The van der Waals surface area contributed by atoms with Gasteiger partial charge in [-0.1, -0.05) is 11.6 Å². The molecule has 3 fully saturated rings. The van der Waals surface area contributed by atoms with E-state index in [2.05, 4.69) is 0 Å². The molecule has 3 aromatic rings. The lowest BCUT2D eigenvalue weighted by Crippen LogP contribution is -2.64. The zero-order chi connectivity index (χ0) is 43.0. The van der Waals surface area contributed by atoms with Gasteiger partial charge in [0.15, 0.2) is 30.5 Å². The summed E-state index contributed by atoms with van der Waals surface area (Å²) >= 11 is 0. The Bertz CT molecular complexity index is 1990. The summed E-state index contributed by atoms with van der Waals surface area (Å²) in [6, 6.07) is 7.15. The minimum absolute atomic E-state index is 0.00549. The summed E-state index contributed by atoms with van der Waals surface area (Å²) in [6.07, 6.45) is -23.7. The molecule has 0 amide bonds.